The summed E-state index contributed by atoms with van der Waals surface area (Å²) in [6.07, 6.45) is 2.36. The first-order valence-electron chi connectivity index (χ1n) is 7.76. The highest BCUT2D eigenvalue weighted by Gasteiger charge is 2.15. The zero-order valence-corrected chi connectivity index (χ0v) is 13.7. The minimum absolute atomic E-state index is 0.134. The van der Waals surface area contributed by atoms with Crippen LogP contribution < -0.4 is 10.9 Å². The number of ether oxygens (including phenoxy) is 1. The van der Waals surface area contributed by atoms with Crippen molar-refractivity contribution in [2.24, 2.45) is 0 Å². The Hall–Kier alpha value is -2.89. The van der Waals surface area contributed by atoms with Gasteiger partial charge in [-0.1, -0.05) is 32.0 Å². The van der Waals surface area contributed by atoms with Gasteiger partial charge < -0.3 is 15.0 Å². The van der Waals surface area contributed by atoms with Crippen LogP contribution in [0, 0.1) is 0 Å². The number of hydrogen-bond donors (Lipinski definition) is 2. The summed E-state index contributed by atoms with van der Waals surface area (Å²) < 4.78 is 4.90. The van der Waals surface area contributed by atoms with Gasteiger partial charge in [0, 0.05) is 11.9 Å². The lowest BCUT2D eigenvalue weighted by atomic mass is 9.97. The molecule has 6 heteroatoms. The van der Waals surface area contributed by atoms with Crippen molar-refractivity contribution in [2.45, 2.75) is 26.2 Å². The van der Waals surface area contributed by atoms with Gasteiger partial charge in [-0.25, -0.2) is 4.79 Å². The fourth-order valence-corrected chi connectivity index (χ4v) is 2.24. The van der Waals surface area contributed by atoms with E-state index in [2.05, 4.69) is 24.1 Å². The predicted molar refractivity (Wildman–Crippen MR) is 91.1 cm³/mol. The topological polar surface area (TPSA) is 88.3 Å². The van der Waals surface area contributed by atoms with E-state index in [4.69, 9.17) is 4.74 Å². The van der Waals surface area contributed by atoms with E-state index in [0.29, 0.717) is 11.6 Å². The first-order chi connectivity index (χ1) is 11.5. The second-order valence-electron chi connectivity index (χ2n) is 5.43. The van der Waals surface area contributed by atoms with Gasteiger partial charge in [0.25, 0.3) is 11.5 Å². The van der Waals surface area contributed by atoms with Gasteiger partial charge >= 0.3 is 5.97 Å². The summed E-state index contributed by atoms with van der Waals surface area (Å²) in [5.74, 6) is -0.986. The Morgan fingerprint density at radius 2 is 1.96 bits per heavy atom. The molecule has 126 valence electrons. The van der Waals surface area contributed by atoms with Gasteiger partial charge in [0.05, 0.1) is 0 Å². The molecule has 2 N–H and O–H groups in total. The van der Waals surface area contributed by atoms with Crippen LogP contribution in [-0.4, -0.2) is 23.5 Å². The SMILES string of the molecule is CC[C@@H](C)c1ccccc1NC(=O)COC(=O)c1ccc[nH]c1=O. The van der Waals surface area contributed by atoms with E-state index in [1.165, 1.54) is 18.3 Å². The molecule has 1 atom stereocenters. The number of nitrogens with one attached hydrogen (secondary N) is 2. The minimum atomic E-state index is -0.831. The van der Waals surface area contributed by atoms with Gasteiger partial charge in [-0.05, 0) is 36.1 Å². The van der Waals surface area contributed by atoms with Gasteiger partial charge in [0.2, 0.25) is 0 Å². The van der Waals surface area contributed by atoms with Crippen molar-refractivity contribution in [1.29, 1.82) is 0 Å². The Morgan fingerprint density at radius 1 is 1.21 bits per heavy atom. The molecule has 0 aliphatic carbocycles. The van der Waals surface area contributed by atoms with Crippen LogP contribution in [0.1, 0.15) is 42.1 Å². The molecule has 2 rings (SSSR count). The van der Waals surface area contributed by atoms with Gasteiger partial charge in [-0.2, -0.15) is 0 Å². The molecule has 6 nitrogen and oxygen atoms in total. The third-order valence-corrected chi connectivity index (χ3v) is 3.75. The molecular formula is C18H20N2O4. The first-order valence-corrected chi connectivity index (χ1v) is 7.76. The van der Waals surface area contributed by atoms with E-state index in [9.17, 15) is 14.4 Å². The normalized spacial score (nSPS) is 11.6. The molecule has 1 aromatic carbocycles. The number of hydrogen-bond acceptors (Lipinski definition) is 4. The van der Waals surface area contributed by atoms with Crippen LogP contribution in [0.2, 0.25) is 0 Å². The van der Waals surface area contributed by atoms with Crippen LogP contribution in [0.4, 0.5) is 5.69 Å². The summed E-state index contributed by atoms with van der Waals surface area (Å²) in [5.41, 5.74) is 1.04. The van der Waals surface area contributed by atoms with Crippen molar-refractivity contribution >= 4 is 17.6 Å². The smallest absolute Gasteiger partial charge is 0.344 e. The number of aromatic nitrogens is 1. The van der Waals surface area contributed by atoms with E-state index in [0.717, 1.165) is 12.0 Å². The lowest BCUT2D eigenvalue weighted by molar-refractivity contribution is -0.119. The lowest BCUT2D eigenvalue weighted by Crippen LogP contribution is -2.24. The van der Waals surface area contributed by atoms with Crippen molar-refractivity contribution in [3.8, 4) is 0 Å². The molecule has 0 aliphatic rings. The van der Waals surface area contributed by atoms with Crippen molar-refractivity contribution < 1.29 is 14.3 Å². The van der Waals surface area contributed by atoms with Crippen molar-refractivity contribution in [3.63, 3.8) is 0 Å². The maximum Gasteiger partial charge on any atom is 0.344 e. The summed E-state index contributed by atoms with van der Waals surface area (Å²) in [4.78, 5) is 37.7. The van der Waals surface area contributed by atoms with Crippen LogP contribution in [-0.2, 0) is 9.53 Å². The number of aromatic amines is 1. The Morgan fingerprint density at radius 3 is 2.67 bits per heavy atom. The number of carbonyl (C=O) groups is 2. The maximum absolute atomic E-state index is 12.0. The molecule has 0 fully saturated rings. The molecule has 0 saturated carbocycles. The second kappa shape index (κ2) is 8.10. The van der Waals surface area contributed by atoms with E-state index < -0.39 is 24.0 Å². The first kappa shape index (κ1) is 17.5. The van der Waals surface area contributed by atoms with Crippen molar-refractivity contribution in [2.75, 3.05) is 11.9 Å². The molecule has 0 aliphatic heterocycles. The summed E-state index contributed by atoms with van der Waals surface area (Å²) in [7, 11) is 0. The molecule has 1 amide bonds. The average Bonchev–Trinajstić information content (AvgIpc) is 2.60. The fraction of sp³-hybridized carbons (Fsp3) is 0.278. The molecule has 0 bridgehead atoms. The number of benzene rings is 1. The van der Waals surface area contributed by atoms with Gasteiger partial charge in [0.1, 0.15) is 5.56 Å². The number of anilines is 1. The Kier molecular flexibility index (Phi) is 5.89. The third-order valence-electron chi connectivity index (χ3n) is 3.75. The number of pyridine rings is 1. The maximum atomic E-state index is 12.0. The lowest BCUT2D eigenvalue weighted by Gasteiger charge is -2.15. The second-order valence-corrected chi connectivity index (χ2v) is 5.43. The molecule has 1 aromatic heterocycles. The minimum Gasteiger partial charge on any atom is -0.452 e. The van der Waals surface area contributed by atoms with E-state index >= 15 is 0 Å². The summed E-state index contributed by atoms with van der Waals surface area (Å²) in [6, 6.07) is 10.4. The fourth-order valence-electron chi connectivity index (χ4n) is 2.24. The average molecular weight is 328 g/mol. The molecule has 0 spiro atoms. The molecule has 0 radical (unpaired) electrons. The Labute approximate surface area is 139 Å². The van der Waals surface area contributed by atoms with Crippen LogP contribution in [0.5, 0.6) is 0 Å². The van der Waals surface area contributed by atoms with Crippen LogP contribution in [0.15, 0.2) is 47.4 Å². The molecular weight excluding hydrogens is 308 g/mol. The highest BCUT2D eigenvalue weighted by Crippen LogP contribution is 2.26. The molecule has 24 heavy (non-hydrogen) atoms. The van der Waals surface area contributed by atoms with E-state index in [1.54, 1.807) is 0 Å². The number of rotatable bonds is 6. The van der Waals surface area contributed by atoms with E-state index in [-0.39, 0.29) is 5.56 Å². The van der Waals surface area contributed by atoms with Gasteiger partial charge in [0.15, 0.2) is 6.61 Å². The highest BCUT2D eigenvalue weighted by molar-refractivity contribution is 5.95. The zero-order chi connectivity index (χ0) is 17.5. The van der Waals surface area contributed by atoms with Crippen LogP contribution in [0.3, 0.4) is 0 Å². The molecule has 1 heterocycles. The van der Waals surface area contributed by atoms with E-state index in [1.807, 2.05) is 24.3 Å². The van der Waals surface area contributed by atoms with Gasteiger partial charge in [-0.15, -0.1) is 0 Å². The highest BCUT2D eigenvalue weighted by atomic mass is 16.5. The third kappa shape index (κ3) is 4.32. The van der Waals surface area contributed by atoms with Crippen LogP contribution in [0.25, 0.3) is 0 Å². The van der Waals surface area contributed by atoms with Crippen molar-refractivity contribution in [1.82, 2.24) is 4.98 Å². The molecule has 0 saturated heterocycles. The zero-order valence-electron chi connectivity index (χ0n) is 13.7. The molecule has 2 aromatic rings. The number of H-pyrrole nitrogens is 1. The number of para-hydroxylation sites is 1. The van der Waals surface area contributed by atoms with Crippen LogP contribution >= 0.6 is 0 Å². The summed E-state index contributed by atoms with van der Waals surface area (Å²) >= 11 is 0. The molecule has 0 unspecified atom stereocenters. The Bertz CT molecular complexity index is 782. The standard InChI is InChI=1S/C18H20N2O4/c1-3-12(2)13-7-4-5-9-15(13)20-16(21)11-24-18(23)14-8-6-10-19-17(14)22/h4-10,12H,3,11H2,1-2H3,(H,19,22)(H,20,21)/t12-/m1/s1. The summed E-state index contributed by atoms with van der Waals surface area (Å²) in [6.45, 7) is 3.69. The number of esters is 1. The predicted octanol–water partition coefficient (Wildman–Crippen LogP) is 2.68. The van der Waals surface area contributed by atoms with Gasteiger partial charge in [-0.3, -0.25) is 9.59 Å². The number of carbonyl (C=O) groups excluding carboxylic acids is 2. The number of amides is 1. The largest absolute Gasteiger partial charge is 0.452 e. The van der Waals surface area contributed by atoms with Crippen molar-refractivity contribution in [3.05, 3.63) is 64.1 Å². The summed E-state index contributed by atoms with van der Waals surface area (Å²) in [5, 5.41) is 2.75. The quantitative estimate of drug-likeness (QED) is 0.798. The Balaban J connectivity index is 1.98. The monoisotopic (exact) mass is 328 g/mol.